The van der Waals surface area contributed by atoms with Crippen molar-refractivity contribution in [2.24, 2.45) is 6.98 Å². The van der Waals surface area contributed by atoms with Crippen molar-refractivity contribution in [2.75, 3.05) is 25.1 Å². The third kappa shape index (κ3) is 4.08. The minimum atomic E-state index is -2.38. The average molecular weight is 522 g/mol. The summed E-state index contributed by atoms with van der Waals surface area (Å²) in [5.41, 5.74) is 4.81. The summed E-state index contributed by atoms with van der Waals surface area (Å²) in [6, 6.07) is 12.3. The first-order valence-electron chi connectivity index (χ1n) is 14.7. The molecule has 0 aromatic carbocycles. The molecule has 2 bridgehead atoms. The summed E-state index contributed by atoms with van der Waals surface area (Å²) in [5.74, 6) is 1.39. The van der Waals surface area contributed by atoms with Gasteiger partial charge in [0.2, 0.25) is 5.88 Å². The maximum absolute atomic E-state index is 9.75. The minimum Gasteiger partial charge on any atom is -0.481 e. The lowest BCUT2D eigenvalue weighted by Gasteiger charge is -2.56. The summed E-state index contributed by atoms with van der Waals surface area (Å²) in [4.78, 5) is 13.6. The van der Waals surface area contributed by atoms with Crippen molar-refractivity contribution in [3.05, 3.63) is 78.6 Å². The van der Waals surface area contributed by atoms with Gasteiger partial charge in [0.05, 0.1) is 30.6 Å². The Balaban J connectivity index is 1.14. The van der Waals surface area contributed by atoms with E-state index < -0.39 is 13.5 Å². The Hall–Kier alpha value is -4.75. The number of piperidine rings is 1. The number of piperazine rings is 1. The van der Waals surface area contributed by atoms with Crippen molar-refractivity contribution in [1.29, 1.82) is 5.26 Å². The van der Waals surface area contributed by atoms with Crippen LogP contribution in [-0.2, 0) is 13.5 Å². The van der Waals surface area contributed by atoms with E-state index in [0.717, 1.165) is 46.7 Å². The molecule has 0 aliphatic carbocycles. The van der Waals surface area contributed by atoms with Crippen LogP contribution in [0.2, 0.25) is 0 Å². The van der Waals surface area contributed by atoms with Crippen LogP contribution in [0.15, 0.2) is 67.5 Å². The molecule has 0 radical (unpaired) electrons. The summed E-state index contributed by atoms with van der Waals surface area (Å²) in [6.07, 6.45) is 10.8. The van der Waals surface area contributed by atoms with E-state index in [4.69, 9.17) is 15.2 Å². The number of pyridine rings is 3. The van der Waals surface area contributed by atoms with Crippen LogP contribution in [0.3, 0.4) is 0 Å². The Morgan fingerprint density at radius 1 is 1.03 bits per heavy atom. The minimum absolute atomic E-state index is 0.252. The normalized spacial score (nSPS) is 21.3. The molecular formula is C29H27N9O. The van der Waals surface area contributed by atoms with E-state index in [1.807, 2.05) is 24.3 Å². The Bertz CT molecular complexity index is 1830. The number of nitriles is 1. The van der Waals surface area contributed by atoms with Gasteiger partial charge in [-0.1, -0.05) is 6.07 Å². The number of rotatable bonds is 6. The first-order valence-corrected chi connectivity index (χ1v) is 12.6. The number of hydrogen-bond donors (Lipinski definition) is 0. The second kappa shape index (κ2) is 9.22. The van der Waals surface area contributed by atoms with E-state index in [0.29, 0.717) is 28.1 Å². The van der Waals surface area contributed by atoms with Crippen molar-refractivity contribution < 1.29 is 10.2 Å². The Kier molecular flexibility index (Phi) is 4.57. The van der Waals surface area contributed by atoms with Crippen LogP contribution in [0.1, 0.15) is 23.0 Å². The molecular weight excluding hydrogens is 490 g/mol. The van der Waals surface area contributed by atoms with Gasteiger partial charge in [0.25, 0.3) is 0 Å². The van der Waals surface area contributed by atoms with Crippen molar-refractivity contribution in [3.8, 4) is 34.2 Å². The van der Waals surface area contributed by atoms with Gasteiger partial charge in [0, 0.05) is 97.3 Å². The molecule has 0 amide bonds. The lowest BCUT2D eigenvalue weighted by Crippen LogP contribution is -2.68. The molecule has 3 unspecified atom stereocenters. The second-order valence-corrected chi connectivity index (χ2v) is 9.84. The maximum Gasteiger partial charge on any atom is 0.212 e. The molecule has 3 aliphatic rings. The predicted octanol–water partition coefficient (Wildman–Crippen LogP) is 3.54. The van der Waals surface area contributed by atoms with E-state index in [1.54, 1.807) is 36.3 Å². The van der Waals surface area contributed by atoms with Gasteiger partial charge >= 0.3 is 0 Å². The smallest absolute Gasteiger partial charge is 0.212 e. The van der Waals surface area contributed by atoms with Gasteiger partial charge < -0.3 is 9.64 Å². The number of aromatic nitrogens is 6. The number of methoxy groups -OCH3 is 1. The van der Waals surface area contributed by atoms with Crippen LogP contribution in [-0.4, -0.2) is 66.5 Å². The first-order chi connectivity index (χ1) is 20.7. The Labute approximate surface area is 231 Å². The van der Waals surface area contributed by atoms with Gasteiger partial charge in [-0.15, -0.1) is 0 Å². The number of nitrogens with zero attached hydrogens (tertiary/aromatic N) is 9. The van der Waals surface area contributed by atoms with Crippen molar-refractivity contribution >= 4 is 11.3 Å². The molecule has 0 spiro atoms. The summed E-state index contributed by atoms with van der Waals surface area (Å²) in [6.45, 7) is -1.32. The molecule has 3 fully saturated rings. The highest BCUT2D eigenvalue weighted by atomic mass is 16.5. The van der Waals surface area contributed by atoms with E-state index in [1.165, 1.54) is 18.6 Å². The van der Waals surface area contributed by atoms with Crippen LogP contribution in [0.5, 0.6) is 5.88 Å². The molecule has 39 heavy (non-hydrogen) atoms. The largest absolute Gasteiger partial charge is 0.481 e. The second-order valence-electron chi connectivity index (χ2n) is 9.84. The fourth-order valence-corrected chi connectivity index (χ4v) is 5.58. The summed E-state index contributed by atoms with van der Waals surface area (Å²) in [7, 11) is 1.58. The fourth-order valence-electron chi connectivity index (χ4n) is 5.58. The van der Waals surface area contributed by atoms with Gasteiger partial charge in [-0.3, -0.25) is 9.58 Å². The molecule has 3 aliphatic heterocycles. The molecule has 0 saturated carbocycles. The zero-order valence-corrected chi connectivity index (χ0v) is 21.1. The molecule has 194 valence electrons. The van der Waals surface area contributed by atoms with Gasteiger partial charge in [0.1, 0.15) is 11.9 Å². The highest BCUT2D eigenvalue weighted by Crippen LogP contribution is 2.37. The summed E-state index contributed by atoms with van der Waals surface area (Å²) >= 11 is 0. The highest BCUT2D eigenvalue weighted by molar-refractivity contribution is 5.87. The number of ether oxygens (including phenoxy) is 1. The van der Waals surface area contributed by atoms with E-state index in [9.17, 15) is 5.26 Å². The van der Waals surface area contributed by atoms with Crippen LogP contribution in [0, 0.1) is 11.3 Å². The highest BCUT2D eigenvalue weighted by Gasteiger charge is 2.44. The van der Waals surface area contributed by atoms with Crippen molar-refractivity contribution in [3.63, 3.8) is 0 Å². The third-order valence-electron chi connectivity index (χ3n) is 7.55. The van der Waals surface area contributed by atoms with E-state index in [-0.39, 0.29) is 12.1 Å². The first kappa shape index (κ1) is 19.3. The van der Waals surface area contributed by atoms with Gasteiger partial charge in [0.15, 0.2) is 0 Å². The molecule has 8 rings (SSSR count). The fraction of sp³-hybridized carbons (Fsp3) is 0.276. The molecule has 5 aromatic rings. The van der Waals surface area contributed by atoms with E-state index in [2.05, 4.69) is 31.1 Å². The van der Waals surface area contributed by atoms with Gasteiger partial charge in [-0.2, -0.15) is 15.5 Å². The SMILES string of the molecule is [2H]C(c1ccc(OC)nc1)N1C2CC1CN(c1ccc(-c3cc(-c4cnn(C([2H])([2H])[2H])c4)cn4ncc(C#N)c34)cn1)C2. The maximum atomic E-state index is 9.75. The molecule has 5 aromatic heterocycles. The average Bonchev–Trinajstić information content (AvgIpc) is 3.69. The molecule has 10 nitrogen and oxygen atoms in total. The molecule has 3 atom stereocenters. The number of hydrogen-bond acceptors (Lipinski definition) is 8. The number of aryl methyl sites for hydroxylation is 1. The lowest BCUT2D eigenvalue weighted by atomic mass is 9.87. The van der Waals surface area contributed by atoms with Crippen LogP contribution in [0.4, 0.5) is 5.82 Å². The molecule has 10 heteroatoms. The third-order valence-corrected chi connectivity index (χ3v) is 7.55. The van der Waals surface area contributed by atoms with Crippen molar-refractivity contribution in [2.45, 2.75) is 25.0 Å². The predicted molar refractivity (Wildman–Crippen MR) is 146 cm³/mol. The quantitative estimate of drug-likeness (QED) is 0.335. The Morgan fingerprint density at radius 2 is 1.92 bits per heavy atom. The zero-order chi connectivity index (χ0) is 29.9. The van der Waals surface area contributed by atoms with Crippen LogP contribution >= 0.6 is 0 Å². The molecule has 0 N–H and O–H groups in total. The molecule has 8 heterocycles. The van der Waals surface area contributed by atoms with Crippen LogP contribution < -0.4 is 9.64 Å². The Morgan fingerprint density at radius 3 is 2.62 bits per heavy atom. The summed E-state index contributed by atoms with van der Waals surface area (Å²) < 4.78 is 39.5. The topological polar surface area (TPSA) is 100 Å². The summed E-state index contributed by atoms with van der Waals surface area (Å²) in [5, 5.41) is 18.1. The molecule has 3 saturated heterocycles. The zero-order valence-electron chi connectivity index (χ0n) is 25.1. The monoisotopic (exact) mass is 521 g/mol. The number of fused-ring (bicyclic) bond motifs is 3. The van der Waals surface area contributed by atoms with Gasteiger partial charge in [-0.25, -0.2) is 14.5 Å². The van der Waals surface area contributed by atoms with E-state index >= 15 is 0 Å². The van der Waals surface area contributed by atoms with Gasteiger partial charge in [-0.05, 0) is 30.2 Å². The van der Waals surface area contributed by atoms with Crippen LogP contribution in [0.25, 0.3) is 27.8 Å². The lowest BCUT2D eigenvalue weighted by molar-refractivity contribution is -0.00876. The van der Waals surface area contributed by atoms with Crippen molar-refractivity contribution in [1.82, 2.24) is 34.3 Å². The number of anilines is 1. The standard InChI is InChI=1S/C29H27N9O/c1-35-15-23(13-33-35)21-7-26(29-22(9-30)12-34-38(29)16-21)20-4-5-27(31-11-20)36-17-24-8-25(18-36)37(24)14-19-3-6-28(39-2)32-10-19/h3-7,10-13,15-16,24-25H,8,14,17-18H2,1-2H3/i1D3,14D.